The van der Waals surface area contributed by atoms with Crippen molar-refractivity contribution in [2.75, 3.05) is 24.3 Å². The summed E-state index contributed by atoms with van der Waals surface area (Å²) in [6, 6.07) is 10.7. The maximum absolute atomic E-state index is 14.3. The fraction of sp³-hybridized carbons (Fsp3) is 0.294. The van der Waals surface area contributed by atoms with Gasteiger partial charge >= 0.3 is 0 Å². The van der Waals surface area contributed by atoms with E-state index in [-0.39, 0.29) is 4.58 Å². The largest absolute Gasteiger partial charge is 0.497 e. The molecule has 1 fully saturated rings. The van der Waals surface area contributed by atoms with Gasteiger partial charge in [0.25, 0.3) is 0 Å². The molecule has 1 aliphatic rings. The van der Waals surface area contributed by atoms with Crippen LogP contribution in [0.3, 0.4) is 0 Å². The number of ether oxygens (including phenoxy) is 2. The van der Waals surface area contributed by atoms with E-state index in [4.69, 9.17) is 15.2 Å². The number of nitrogen functional groups attached to an aromatic ring is 1. The van der Waals surface area contributed by atoms with E-state index in [1.54, 1.807) is 30.6 Å². The molecule has 1 saturated heterocycles. The molecule has 0 aliphatic carbocycles. The third-order valence-electron chi connectivity index (χ3n) is 3.51. The first-order valence-electron chi connectivity index (χ1n) is 7.25. The van der Waals surface area contributed by atoms with Gasteiger partial charge in [0.15, 0.2) is 11.6 Å². The summed E-state index contributed by atoms with van der Waals surface area (Å²) in [6.07, 6.45) is 0. The minimum absolute atomic E-state index is 0.180. The lowest BCUT2D eigenvalue weighted by molar-refractivity contribution is 0.287. The van der Waals surface area contributed by atoms with Crippen LogP contribution in [0.2, 0.25) is 0 Å². The average Bonchev–Trinajstić information content (AvgIpc) is 3.08. The van der Waals surface area contributed by atoms with Gasteiger partial charge in [0, 0.05) is 28.8 Å². The minimum Gasteiger partial charge on any atom is -0.497 e. The third kappa shape index (κ3) is 3.87. The molecule has 122 valence electrons. The van der Waals surface area contributed by atoms with Crippen molar-refractivity contribution in [3.05, 3.63) is 53.3 Å². The highest BCUT2D eigenvalue weighted by Crippen LogP contribution is 2.49. The van der Waals surface area contributed by atoms with Crippen LogP contribution >= 0.6 is 23.5 Å². The Bertz CT molecular complexity index is 673. The van der Waals surface area contributed by atoms with Crippen LogP contribution in [-0.2, 0) is 6.61 Å². The van der Waals surface area contributed by atoms with Gasteiger partial charge in [0.2, 0.25) is 0 Å². The molecule has 0 saturated carbocycles. The Balaban J connectivity index is 1.80. The lowest BCUT2D eigenvalue weighted by Gasteiger charge is -2.17. The van der Waals surface area contributed by atoms with Gasteiger partial charge in [0.05, 0.1) is 11.7 Å². The van der Waals surface area contributed by atoms with Gasteiger partial charge in [-0.25, -0.2) is 4.39 Å². The Morgan fingerprint density at radius 2 is 1.87 bits per heavy atom. The molecule has 2 aromatic carbocycles. The fourth-order valence-electron chi connectivity index (χ4n) is 2.38. The Morgan fingerprint density at radius 3 is 2.52 bits per heavy atom. The highest BCUT2D eigenvalue weighted by Gasteiger charge is 2.24. The van der Waals surface area contributed by atoms with Crippen molar-refractivity contribution < 1.29 is 13.9 Å². The number of hydrogen-bond acceptors (Lipinski definition) is 5. The van der Waals surface area contributed by atoms with Gasteiger partial charge in [-0.3, -0.25) is 0 Å². The van der Waals surface area contributed by atoms with Crippen molar-refractivity contribution in [1.82, 2.24) is 0 Å². The van der Waals surface area contributed by atoms with E-state index < -0.39 is 5.82 Å². The van der Waals surface area contributed by atoms with Gasteiger partial charge in [-0.1, -0.05) is 12.1 Å². The highest BCUT2D eigenvalue weighted by molar-refractivity contribution is 8.19. The molecule has 0 aromatic heterocycles. The van der Waals surface area contributed by atoms with Crippen molar-refractivity contribution in [3.8, 4) is 11.5 Å². The Morgan fingerprint density at radius 1 is 1.17 bits per heavy atom. The molecule has 1 aliphatic heterocycles. The van der Waals surface area contributed by atoms with Crippen molar-refractivity contribution >= 4 is 29.2 Å². The van der Waals surface area contributed by atoms with Gasteiger partial charge < -0.3 is 15.2 Å². The van der Waals surface area contributed by atoms with Crippen LogP contribution in [0, 0.1) is 5.82 Å². The number of anilines is 1. The summed E-state index contributed by atoms with van der Waals surface area (Å²) in [5.74, 6) is 2.81. The average molecular weight is 351 g/mol. The zero-order chi connectivity index (χ0) is 16.2. The van der Waals surface area contributed by atoms with Gasteiger partial charge in [-0.2, -0.15) is 0 Å². The predicted octanol–water partition coefficient (Wildman–Crippen LogP) is 4.47. The molecule has 23 heavy (non-hydrogen) atoms. The van der Waals surface area contributed by atoms with Gasteiger partial charge in [0.1, 0.15) is 12.4 Å². The van der Waals surface area contributed by atoms with E-state index in [1.165, 1.54) is 6.07 Å². The van der Waals surface area contributed by atoms with E-state index in [0.717, 1.165) is 28.4 Å². The molecule has 2 N–H and O–H groups in total. The minimum atomic E-state index is -0.401. The molecule has 0 atom stereocenters. The zero-order valence-corrected chi connectivity index (χ0v) is 14.4. The molecule has 3 rings (SSSR count). The lowest BCUT2D eigenvalue weighted by Crippen LogP contribution is -2.03. The number of hydrogen-bond donors (Lipinski definition) is 1. The van der Waals surface area contributed by atoms with Crippen LogP contribution in [0.25, 0.3) is 0 Å². The van der Waals surface area contributed by atoms with Gasteiger partial charge in [-0.15, -0.1) is 23.5 Å². The first-order chi connectivity index (χ1) is 11.2. The normalized spacial score (nSPS) is 14.9. The van der Waals surface area contributed by atoms with Crippen molar-refractivity contribution in [3.63, 3.8) is 0 Å². The topological polar surface area (TPSA) is 44.5 Å². The van der Waals surface area contributed by atoms with Crippen molar-refractivity contribution in [2.24, 2.45) is 0 Å². The van der Waals surface area contributed by atoms with Crippen LogP contribution in [0.4, 0.5) is 10.1 Å². The number of benzene rings is 2. The Kier molecular flexibility index (Phi) is 5.23. The molecule has 2 aromatic rings. The monoisotopic (exact) mass is 351 g/mol. The molecular weight excluding hydrogens is 333 g/mol. The summed E-state index contributed by atoms with van der Waals surface area (Å²) in [5, 5.41) is 0. The van der Waals surface area contributed by atoms with Crippen molar-refractivity contribution in [1.29, 1.82) is 0 Å². The van der Waals surface area contributed by atoms with Crippen LogP contribution < -0.4 is 15.2 Å². The van der Waals surface area contributed by atoms with Crippen LogP contribution in [-0.4, -0.2) is 18.6 Å². The second-order valence-electron chi connectivity index (χ2n) is 5.13. The maximum atomic E-state index is 14.3. The van der Waals surface area contributed by atoms with Crippen LogP contribution in [0.1, 0.15) is 15.7 Å². The highest BCUT2D eigenvalue weighted by atomic mass is 32.2. The summed E-state index contributed by atoms with van der Waals surface area (Å²) in [6.45, 7) is 0.305. The molecular formula is C17H18FNO2S2. The van der Waals surface area contributed by atoms with Crippen LogP contribution in [0.5, 0.6) is 11.5 Å². The number of thioether (sulfide) groups is 2. The summed E-state index contributed by atoms with van der Waals surface area (Å²) >= 11 is 3.60. The molecule has 0 bridgehead atoms. The first kappa shape index (κ1) is 16.3. The summed E-state index contributed by atoms with van der Waals surface area (Å²) in [7, 11) is 1.62. The molecule has 1 heterocycles. The van der Waals surface area contributed by atoms with Crippen LogP contribution in [0.15, 0.2) is 36.4 Å². The summed E-state index contributed by atoms with van der Waals surface area (Å²) in [4.78, 5) is 0. The second kappa shape index (κ2) is 7.36. The zero-order valence-electron chi connectivity index (χ0n) is 12.8. The van der Waals surface area contributed by atoms with Gasteiger partial charge in [-0.05, 0) is 23.8 Å². The van der Waals surface area contributed by atoms with E-state index in [2.05, 4.69) is 0 Å². The number of nitrogens with two attached hydrogens (primary N) is 1. The molecule has 0 amide bonds. The standard InChI is InChI=1S/C17H18FNO2S2/c1-20-13-4-2-11(3-5-13)10-21-16-14(17-22-6-7-23-17)8-12(19)9-15(16)18/h2-5,8-9,17H,6-7,10,19H2,1H3. The van der Waals surface area contributed by atoms with Crippen molar-refractivity contribution in [2.45, 2.75) is 11.2 Å². The number of halogens is 1. The molecule has 0 spiro atoms. The predicted molar refractivity (Wildman–Crippen MR) is 95.8 cm³/mol. The summed E-state index contributed by atoms with van der Waals surface area (Å²) < 4.78 is 25.4. The first-order valence-corrected chi connectivity index (χ1v) is 9.35. The Hall–Kier alpha value is -1.53. The smallest absolute Gasteiger partial charge is 0.167 e. The molecule has 0 radical (unpaired) electrons. The molecule has 0 unspecified atom stereocenters. The maximum Gasteiger partial charge on any atom is 0.167 e. The molecule has 6 heteroatoms. The van der Waals surface area contributed by atoms with E-state index in [0.29, 0.717) is 18.0 Å². The number of methoxy groups -OCH3 is 1. The summed E-state index contributed by atoms with van der Waals surface area (Å²) in [5.41, 5.74) is 8.03. The van der Waals surface area contributed by atoms with E-state index in [9.17, 15) is 4.39 Å². The van der Waals surface area contributed by atoms with E-state index in [1.807, 2.05) is 30.3 Å². The SMILES string of the molecule is COc1ccc(COc2c(F)cc(N)cc2C2SCCS2)cc1. The number of rotatable bonds is 5. The Labute approximate surface area is 143 Å². The molecule has 3 nitrogen and oxygen atoms in total. The fourth-order valence-corrected chi connectivity index (χ4v) is 5.25. The lowest BCUT2D eigenvalue weighted by atomic mass is 10.2. The quantitative estimate of drug-likeness (QED) is 0.805. The second-order valence-corrected chi connectivity index (χ2v) is 7.86. The van der Waals surface area contributed by atoms with E-state index >= 15 is 0 Å². The third-order valence-corrected chi connectivity index (χ3v) is 6.58.